The van der Waals surface area contributed by atoms with E-state index in [0.717, 1.165) is 17.0 Å². The second-order valence-electron chi connectivity index (χ2n) is 5.18. The third-order valence-electron chi connectivity index (χ3n) is 3.79. The van der Waals surface area contributed by atoms with Gasteiger partial charge >= 0.3 is 0 Å². The van der Waals surface area contributed by atoms with Crippen molar-refractivity contribution in [1.29, 1.82) is 0 Å². The summed E-state index contributed by atoms with van der Waals surface area (Å²) in [6, 6.07) is 2.52. The smallest absolute Gasteiger partial charge is 0.163 e. The normalized spacial score (nSPS) is 12.8. The van der Waals surface area contributed by atoms with Crippen LogP contribution in [-0.2, 0) is 13.5 Å². The average molecular weight is 279 g/mol. The highest BCUT2D eigenvalue weighted by Gasteiger charge is 2.19. The number of nitrogens with zero attached hydrogens (tertiary/aromatic N) is 2. The van der Waals surface area contributed by atoms with Gasteiger partial charge in [-0.25, -0.2) is 8.78 Å². The Kier molecular flexibility index (Phi) is 3.90. The van der Waals surface area contributed by atoms with E-state index in [9.17, 15) is 8.78 Å². The Hall–Kier alpha value is -1.75. The molecule has 0 saturated carbocycles. The Bertz CT molecular complexity index is 647. The molecule has 20 heavy (non-hydrogen) atoms. The van der Waals surface area contributed by atoms with E-state index in [1.165, 1.54) is 6.92 Å². The summed E-state index contributed by atoms with van der Waals surface area (Å²) in [4.78, 5) is 0. The number of aryl methyl sites for hydroxylation is 3. The number of nitrogens with two attached hydrogens (primary N) is 1. The van der Waals surface area contributed by atoms with Crippen molar-refractivity contribution in [3.05, 3.63) is 51.8 Å². The summed E-state index contributed by atoms with van der Waals surface area (Å²) >= 11 is 0. The van der Waals surface area contributed by atoms with Crippen LogP contribution in [0.2, 0.25) is 0 Å². The van der Waals surface area contributed by atoms with Crippen LogP contribution in [0.4, 0.5) is 8.78 Å². The van der Waals surface area contributed by atoms with Crippen LogP contribution in [0.15, 0.2) is 12.1 Å². The van der Waals surface area contributed by atoms with Crippen LogP contribution in [0.1, 0.15) is 34.1 Å². The molecule has 0 radical (unpaired) electrons. The molecule has 2 N–H and O–H groups in total. The van der Waals surface area contributed by atoms with Gasteiger partial charge in [0, 0.05) is 24.3 Å². The van der Waals surface area contributed by atoms with Gasteiger partial charge in [-0.1, -0.05) is 12.1 Å². The zero-order valence-electron chi connectivity index (χ0n) is 12.2. The van der Waals surface area contributed by atoms with Gasteiger partial charge in [0.2, 0.25) is 0 Å². The van der Waals surface area contributed by atoms with Crippen molar-refractivity contribution in [2.24, 2.45) is 12.8 Å². The maximum absolute atomic E-state index is 13.9. The largest absolute Gasteiger partial charge is 0.324 e. The molecule has 108 valence electrons. The van der Waals surface area contributed by atoms with Gasteiger partial charge in [-0.05, 0) is 38.3 Å². The molecular weight excluding hydrogens is 260 g/mol. The second kappa shape index (κ2) is 5.32. The molecule has 1 heterocycles. The Labute approximate surface area is 117 Å². The first-order valence-corrected chi connectivity index (χ1v) is 6.52. The standard InChI is InChI=1S/C15H19F2N3/c1-8-5-6-11(15(17)14(8)16)13(18)7-12-9(2)19-20(4)10(12)3/h5-6,13H,7,18H2,1-4H3. The molecular formula is C15H19F2N3. The summed E-state index contributed by atoms with van der Waals surface area (Å²) in [5, 5.41) is 4.30. The summed E-state index contributed by atoms with van der Waals surface area (Å²) in [5.74, 6) is -1.67. The summed E-state index contributed by atoms with van der Waals surface area (Å²) < 4.78 is 29.3. The highest BCUT2D eigenvalue weighted by Crippen LogP contribution is 2.25. The molecule has 1 atom stereocenters. The maximum Gasteiger partial charge on any atom is 0.163 e. The van der Waals surface area contributed by atoms with Crippen LogP contribution in [-0.4, -0.2) is 9.78 Å². The summed E-state index contributed by atoms with van der Waals surface area (Å²) in [7, 11) is 1.85. The van der Waals surface area contributed by atoms with Crippen molar-refractivity contribution >= 4 is 0 Å². The number of benzene rings is 1. The molecule has 0 bridgehead atoms. The van der Waals surface area contributed by atoms with Gasteiger partial charge in [0.05, 0.1) is 5.69 Å². The minimum Gasteiger partial charge on any atom is -0.324 e. The van der Waals surface area contributed by atoms with E-state index in [0.29, 0.717) is 6.42 Å². The van der Waals surface area contributed by atoms with Crippen molar-refractivity contribution < 1.29 is 8.78 Å². The molecule has 0 fully saturated rings. The fourth-order valence-corrected chi connectivity index (χ4v) is 2.39. The highest BCUT2D eigenvalue weighted by molar-refractivity contribution is 5.31. The number of hydrogen-bond acceptors (Lipinski definition) is 2. The molecule has 0 aliphatic rings. The third kappa shape index (κ3) is 2.45. The third-order valence-corrected chi connectivity index (χ3v) is 3.79. The Morgan fingerprint density at radius 2 is 1.85 bits per heavy atom. The summed E-state index contributed by atoms with van der Waals surface area (Å²) in [5.41, 5.74) is 9.39. The lowest BCUT2D eigenvalue weighted by atomic mass is 9.97. The molecule has 1 aromatic heterocycles. The van der Waals surface area contributed by atoms with Crippen molar-refractivity contribution in [2.75, 3.05) is 0 Å². The fraction of sp³-hybridized carbons (Fsp3) is 0.400. The summed E-state index contributed by atoms with van der Waals surface area (Å²) in [6.07, 6.45) is 0.435. The van der Waals surface area contributed by atoms with E-state index in [1.807, 2.05) is 20.9 Å². The van der Waals surface area contributed by atoms with Gasteiger partial charge in [0.15, 0.2) is 11.6 Å². The van der Waals surface area contributed by atoms with E-state index in [-0.39, 0.29) is 11.1 Å². The summed E-state index contributed by atoms with van der Waals surface area (Å²) in [6.45, 7) is 5.36. The van der Waals surface area contributed by atoms with E-state index in [4.69, 9.17) is 5.73 Å². The zero-order chi connectivity index (χ0) is 15.0. The van der Waals surface area contributed by atoms with Crippen molar-refractivity contribution in [1.82, 2.24) is 9.78 Å². The number of rotatable bonds is 3. The Balaban J connectivity index is 2.33. The lowest BCUT2D eigenvalue weighted by Gasteiger charge is -2.14. The van der Waals surface area contributed by atoms with Crippen LogP contribution in [0.3, 0.4) is 0 Å². The first-order valence-electron chi connectivity index (χ1n) is 6.52. The van der Waals surface area contributed by atoms with Crippen LogP contribution >= 0.6 is 0 Å². The van der Waals surface area contributed by atoms with Gasteiger partial charge in [-0.3, -0.25) is 4.68 Å². The Morgan fingerprint density at radius 1 is 1.20 bits per heavy atom. The number of hydrogen-bond donors (Lipinski definition) is 1. The van der Waals surface area contributed by atoms with Gasteiger partial charge in [0.1, 0.15) is 0 Å². The lowest BCUT2D eigenvalue weighted by molar-refractivity contribution is 0.483. The van der Waals surface area contributed by atoms with Crippen LogP contribution < -0.4 is 5.73 Å². The molecule has 1 aromatic carbocycles. The predicted molar refractivity (Wildman–Crippen MR) is 74.4 cm³/mol. The van der Waals surface area contributed by atoms with Crippen LogP contribution in [0.5, 0.6) is 0 Å². The number of aromatic nitrogens is 2. The highest BCUT2D eigenvalue weighted by atomic mass is 19.2. The van der Waals surface area contributed by atoms with Crippen LogP contribution in [0, 0.1) is 32.4 Å². The molecule has 2 aromatic rings. The second-order valence-corrected chi connectivity index (χ2v) is 5.18. The minimum atomic E-state index is -0.850. The molecule has 0 saturated heterocycles. The van der Waals surface area contributed by atoms with Gasteiger partial charge in [-0.2, -0.15) is 5.10 Å². The first kappa shape index (κ1) is 14.7. The SMILES string of the molecule is Cc1ccc(C(N)Cc2c(C)nn(C)c2C)c(F)c1F. The number of halogens is 2. The first-order chi connectivity index (χ1) is 9.32. The van der Waals surface area contributed by atoms with Gasteiger partial charge in [-0.15, -0.1) is 0 Å². The fourth-order valence-electron chi connectivity index (χ4n) is 2.39. The van der Waals surface area contributed by atoms with Crippen molar-refractivity contribution in [3.63, 3.8) is 0 Å². The topological polar surface area (TPSA) is 43.8 Å². The monoisotopic (exact) mass is 279 g/mol. The molecule has 2 rings (SSSR count). The quantitative estimate of drug-likeness (QED) is 0.939. The molecule has 0 spiro atoms. The van der Waals surface area contributed by atoms with Gasteiger partial charge in [0.25, 0.3) is 0 Å². The van der Waals surface area contributed by atoms with Gasteiger partial charge < -0.3 is 5.73 Å². The van der Waals surface area contributed by atoms with E-state index < -0.39 is 17.7 Å². The maximum atomic E-state index is 13.9. The zero-order valence-corrected chi connectivity index (χ0v) is 12.2. The van der Waals surface area contributed by atoms with Crippen molar-refractivity contribution in [2.45, 2.75) is 33.2 Å². The molecule has 0 aliphatic heterocycles. The molecule has 3 nitrogen and oxygen atoms in total. The van der Waals surface area contributed by atoms with E-state index >= 15 is 0 Å². The Morgan fingerprint density at radius 3 is 2.40 bits per heavy atom. The van der Waals surface area contributed by atoms with E-state index in [2.05, 4.69) is 5.10 Å². The molecule has 0 aliphatic carbocycles. The molecule has 5 heteroatoms. The molecule has 0 amide bonds. The minimum absolute atomic E-state index is 0.204. The predicted octanol–water partition coefficient (Wildman–Crippen LogP) is 2.87. The van der Waals surface area contributed by atoms with Crippen LogP contribution in [0.25, 0.3) is 0 Å². The lowest BCUT2D eigenvalue weighted by Crippen LogP contribution is -2.17. The molecule has 1 unspecified atom stereocenters. The average Bonchev–Trinajstić information content (AvgIpc) is 2.62. The van der Waals surface area contributed by atoms with E-state index in [1.54, 1.807) is 16.8 Å². The van der Waals surface area contributed by atoms with Crippen molar-refractivity contribution in [3.8, 4) is 0 Å².